The molecule has 0 N–H and O–H groups in total. The summed E-state index contributed by atoms with van der Waals surface area (Å²) < 4.78 is 22.6. The first kappa shape index (κ1) is 12.2. The Balaban J connectivity index is 3.13. The van der Waals surface area contributed by atoms with E-state index in [0.717, 1.165) is 18.4 Å². The first-order valence-electron chi connectivity index (χ1n) is 5.00. The number of pyridine rings is 1. The highest BCUT2D eigenvalue weighted by Gasteiger charge is 2.13. The van der Waals surface area contributed by atoms with Gasteiger partial charge in [-0.3, -0.25) is 0 Å². The van der Waals surface area contributed by atoms with Gasteiger partial charge in [-0.2, -0.15) is 0 Å². The van der Waals surface area contributed by atoms with Crippen molar-refractivity contribution in [2.45, 2.75) is 31.7 Å². The third kappa shape index (κ3) is 3.02. The third-order valence-electron chi connectivity index (χ3n) is 2.38. The Hall–Kier alpha value is -0.900. The Morgan fingerprint density at radius 2 is 1.93 bits per heavy atom. The van der Waals surface area contributed by atoms with Crippen LogP contribution in [0.15, 0.2) is 23.4 Å². The second-order valence-corrected chi connectivity index (χ2v) is 5.43. The minimum atomic E-state index is -3.20. The predicted octanol–water partition coefficient (Wildman–Crippen LogP) is 2.23. The molecule has 1 aromatic rings. The Morgan fingerprint density at radius 1 is 1.33 bits per heavy atom. The van der Waals surface area contributed by atoms with Crippen LogP contribution in [0.2, 0.25) is 0 Å². The smallest absolute Gasteiger partial charge is 0.192 e. The summed E-state index contributed by atoms with van der Waals surface area (Å²) in [4.78, 5) is 3.86. The van der Waals surface area contributed by atoms with Gasteiger partial charge in [0.05, 0.1) is 0 Å². The maximum atomic E-state index is 11.3. The van der Waals surface area contributed by atoms with Crippen LogP contribution in [0.5, 0.6) is 0 Å². The molecule has 0 unspecified atom stereocenters. The molecular weight excluding hydrogens is 210 g/mol. The molecule has 1 rings (SSSR count). The first-order valence-corrected chi connectivity index (χ1v) is 6.89. The lowest BCUT2D eigenvalue weighted by molar-refractivity contribution is 0.598. The highest BCUT2D eigenvalue weighted by Crippen LogP contribution is 2.22. The van der Waals surface area contributed by atoms with Crippen molar-refractivity contribution < 1.29 is 8.42 Å². The topological polar surface area (TPSA) is 47.0 Å². The predicted molar refractivity (Wildman–Crippen MR) is 60.3 cm³/mol. The summed E-state index contributed by atoms with van der Waals surface area (Å²) in [6, 6.07) is 3.51. The number of aromatic nitrogens is 1. The maximum absolute atomic E-state index is 11.3. The van der Waals surface area contributed by atoms with Gasteiger partial charge in [-0.05, 0) is 30.5 Å². The minimum Gasteiger partial charge on any atom is -0.245 e. The molecule has 4 heteroatoms. The quantitative estimate of drug-likeness (QED) is 0.791. The van der Waals surface area contributed by atoms with Crippen LogP contribution in [0, 0.1) is 5.92 Å². The monoisotopic (exact) mass is 226 g/mol. The van der Waals surface area contributed by atoms with E-state index in [1.165, 1.54) is 12.2 Å². The lowest BCUT2D eigenvalue weighted by atomic mass is 9.95. The molecule has 0 amide bonds. The molecule has 83 valence electrons. The number of nitrogens with zero attached hydrogens (tertiary/aromatic N) is 1. The van der Waals surface area contributed by atoms with E-state index in [1.807, 2.05) is 6.07 Å². The molecule has 1 heterocycles. The fraction of sp³-hybridized carbons (Fsp3) is 0.455. The van der Waals surface area contributed by atoms with E-state index in [0.29, 0.717) is 0 Å². The van der Waals surface area contributed by atoms with Crippen molar-refractivity contribution in [3.05, 3.63) is 29.8 Å². The van der Waals surface area contributed by atoms with E-state index in [4.69, 9.17) is 0 Å². The molecule has 3 nitrogen and oxygen atoms in total. The number of hydrogen-bond acceptors (Lipinski definition) is 3. The van der Waals surface area contributed by atoms with Crippen molar-refractivity contribution in [3.8, 4) is 0 Å². The molecule has 0 bridgehead atoms. The normalized spacial score (nSPS) is 12.0. The first-order chi connectivity index (χ1) is 6.99. The van der Waals surface area contributed by atoms with Crippen molar-refractivity contribution in [1.29, 1.82) is 0 Å². The van der Waals surface area contributed by atoms with Gasteiger partial charge in [0.25, 0.3) is 0 Å². The summed E-state index contributed by atoms with van der Waals surface area (Å²) in [5.41, 5.74) is 0.982. The Bertz CT molecular complexity index is 422. The highest BCUT2D eigenvalue weighted by molar-refractivity contribution is 7.90. The van der Waals surface area contributed by atoms with E-state index < -0.39 is 9.84 Å². The van der Waals surface area contributed by atoms with Gasteiger partial charge in [0.15, 0.2) is 14.9 Å². The van der Waals surface area contributed by atoms with Crippen LogP contribution >= 0.6 is 0 Å². The molecule has 0 spiro atoms. The summed E-state index contributed by atoms with van der Waals surface area (Å²) in [5.74, 6) is 1.25. The highest BCUT2D eigenvalue weighted by atomic mass is 32.2. The van der Waals surface area contributed by atoms with Gasteiger partial charge in [0.2, 0.25) is 0 Å². The van der Waals surface area contributed by atoms with Gasteiger partial charge in [-0.25, -0.2) is 13.4 Å². The molecule has 0 aliphatic rings. The number of rotatable bonds is 4. The number of sulfone groups is 1. The van der Waals surface area contributed by atoms with Gasteiger partial charge in [-0.15, -0.1) is 0 Å². The molecule has 15 heavy (non-hydrogen) atoms. The van der Waals surface area contributed by atoms with Crippen LogP contribution < -0.4 is 0 Å². The molecule has 1 aromatic heterocycles. The zero-order chi connectivity index (χ0) is 11.5. The summed E-state index contributed by atoms with van der Waals surface area (Å²) >= 11 is 0. The zero-order valence-electron chi connectivity index (χ0n) is 9.32. The lowest BCUT2D eigenvalue weighted by Crippen LogP contribution is -2.03. The molecule has 0 aromatic carbocycles. The molecule has 0 aliphatic heterocycles. The van der Waals surface area contributed by atoms with Crippen molar-refractivity contribution in [2.75, 3.05) is 6.26 Å². The standard InChI is InChI=1S/C11H16NO2S/c1-4-9(5-2)10-6-7-12-11(8-10)15(3,13)14/h6-8H,4-5H2,1-3H3. The SMILES string of the molecule is CC[C](CC)c1ccnc(S(C)(=O)=O)c1. The van der Waals surface area contributed by atoms with E-state index in [9.17, 15) is 8.42 Å². The maximum Gasteiger partial charge on any atom is 0.192 e. The van der Waals surface area contributed by atoms with Gasteiger partial charge < -0.3 is 0 Å². The van der Waals surface area contributed by atoms with Crippen molar-refractivity contribution >= 4 is 9.84 Å². The average molecular weight is 226 g/mol. The van der Waals surface area contributed by atoms with E-state index in [2.05, 4.69) is 18.8 Å². The molecule has 0 aliphatic carbocycles. The van der Waals surface area contributed by atoms with Crippen molar-refractivity contribution in [1.82, 2.24) is 4.98 Å². The molecule has 1 radical (unpaired) electrons. The van der Waals surface area contributed by atoms with Crippen LogP contribution in [0.25, 0.3) is 0 Å². The largest absolute Gasteiger partial charge is 0.245 e. The van der Waals surface area contributed by atoms with Crippen LogP contribution in [0.3, 0.4) is 0 Å². The third-order valence-corrected chi connectivity index (χ3v) is 3.36. The Labute approximate surface area is 91.5 Å². The summed E-state index contributed by atoms with van der Waals surface area (Å²) in [6.45, 7) is 4.14. The van der Waals surface area contributed by atoms with Gasteiger partial charge in [-0.1, -0.05) is 13.8 Å². The van der Waals surface area contributed by atoms with E-state index >= 15 is 0 Å². The molecule has 0 saturated carbocycles. The van der Waals surface area contributed by atoms with Gasteiger partial charge >= 0.3 is 0 Å². The lowest BCUT2D eigenvalue weighted by Gasteiger charge is -2.12. The van der Waals surface area contributed by atoms with Gasteiger partial charge in [0.1, 0.15) is 0 Å². The summed E-state index contributed by atoms with van der Waals surface area (Å²) in [6.07, 6.45) is 4.60. The molecule has 0 fully saturated rings. The molecule has 0 atom stereocenters. The zero-order valence-corrected chi connectivity index (χ0v) is 10.1. The Kier molecular flexibility index (Phi) is 3.85. The minimum absolute atomic E-state index is 0.152. The van der Waals surface area contributed by atoms with Crippen LogP contribution in [0.4, 0.5) is 0 Å². The van der Waals surface area contributed by atoms with Crippen LogP contribution in [-0.4, -0.2) is 19.7 Å². The molecular formula is C11H16NO2S. The second kappa shape index (κ2) is 4.75. The summed E-state index contributed by atoms with van der Waals surface area (Å²) in [7, 11) is -3.20. The fourth-order valence-corrected chi connectivity index (χ4v) is 2.08. The van der Waals surface area contributed by atoms with E-state index in [1.54, 1.807) is 12.3 Å². The second-order valence-electron chi connectivity index (χ2n) is 3.47. The van der Waals surface area contributed by atoms with E-state index in [-0.39, 0.29) is 5.03 Å². The van der Waals surface area contributed by atoms with Gasteiger partial charge in [0, 0.05) is 18.4 Å². The Morgan fingerprint density at radius 3 is 2.40 bits per heavy atom. The fourth-order valence-electron chi connectivity index (χ4n) is 1.49. The molecule has 0 saturated heterocycles. The van der Waals surface area contributed by atoms with Crippen molar-refractivity contribution in [2.24, 2.45) is 0 Å². The summed E-state index contributed by atoms with van der Waals surface area (Å²) in [5, 5.41) is 0.152. The van der Waals surface area contributed by atoms with Crippen LogP contribution in [0.1, 0.15) is 32.3 Å². The van der Waals surface area contributed by atoms with Crippen molar-refractivity contribution in [3.63, 3.8) is 0 Å². The average Bonchev–Trinajstić information content (AvgIpc) is 2.19. The number of hydrogen-bond donors (Lipinski definition) is 0. The van der Waals surface area contributed by atoms with Crippen LogP contribution in [-0.2, 0) is 9.84 Å².